The molecule has 1 N–H and O–H groups in total. The first-order valence-electron chi connectivity index (χ1n) is 12.9. The first-order valence-corrected chi connectivity index (χ1v) is 12.9. The summed E-state index contributed by atoms with van der Waals surface area (Å²) in [5.74, 6) is -0.757. The third kappa shape index (κ3) is 5.71. The summed E-state index contributed by atoms with van der Waals surface area (Å²) >= 11 is 0. The molecule has 0 spiro atoms. The van der Waals surface area contributed by atoms with Gasteiger partial charge in [-0.2, -0.15) is 5.10 Å². The second kappa shape index (κ2) is 10.4. The van der Waals surface area contributed by atoms with Crippen LogP contribution in [0.25, 0.3) is 16.8 Å². The Kier molecular flexibility index (Phi) is 6.98. The predicted molar refractivity (Wildman–Crippen MR) is 143 cm³/mol. The second-order valence-electron chi connectivity index (χ2n) is 10.8. The van der Waals surface area contributed by atoms with E-state index >= 15 is 0 Å². The fourth-order valence-electron chi connectivity index (χ4n) is 4.81. The summed E-state index contributed by atoms with van der Waals surface area (Å²) in [5, 5.41) is 7.17. The van der Waals surface area contributed by atoms with Crippen LogP contribution in [0.4, 0.5) is 4.79 Å². The van der Waals surface area contributed by atoms with E-state index in [4.69, 9.17) is 14.5 Å². The van der Waals surface area contributed by atoms with Gasteiger partial charge in [-0.3, -0.25) is 19.5 Å². The summed E-state index contributed by atoms with van der Waals surface area (Å²) in [4.78, 5) is 45.6. The largest absolute Gasteiger partial charge is 0.458 e. The third-order valence-corrected chi connectivity index (χ3v) is 6.65. The number of carbonyl (C=O) groups is 2. The Labute approximate surface area is 225 Å². The van der Waals surface area contributed by atoms with Gasteiger partial charge in [0.25, 0.3) is 5.56 Å². The summed E-state index contributed by atoms with van der Waals surface area (Å²) in [6, 6.07) is 10.0. The molecule has 4 heterocycles. The van der Waals surface area contributed by atoms with Gasteiger partial charge in [-0.05, 0) is 39.2 Å². The molecule has 1 fully saturated rings. The van der Waals surface area contributed by atoms with Crippen molar-refractivity contribution in [1.82, 2.24) is 29.3 Å². The Balaban J connectivity index is 1.43. The lowest BCUT2D eigenvalue weighted by Crippen LogP contribution is -2.52. The molecule has 4 aromatic rings. The molecule has 1 aliphatic rings. The maximum absolute atomic E-state index is 13.3. The summed E-state index contributed by atoms with van der Waals surface area (Å²) in [6.07, 6.45) is 5.55. The maximum Gasteiger partial charge on any atom is 0.410 e. The van der Waals surface area contributed by atoms with Crippen LogP contribution in [-0.2, 0) is 27.9 Å². The number of H-pyrrole nitrogens is 1. The fraction of sp³-hybridized carbons (Fsp3) is 0.393. The number of hydrogen-bond donors (Lipinski definition) is 1. The normalized spacial score (nSPS) is 17.8. The number of ether oxygens (including phenoxy) is 2. The minimum Gasteiger partial charge on any atom is -0.458 e. The van der Waals surface area contributed by atoms with Crippen LogP contribution >= 0.6 is 0 Å². The number of hydrogen-bond acceptors (Lipinski definition) is 7. The van der Waals surface area contributed by atoms with Crippen molar-refractivity contribution >= 4 is 17.7 Å². The number of aryl methyl sites for hydroxylation is 1. The molecule has 1 saturated heterocycles. The molecular formula is C28H32N6O5. The van der Waals surface area contributed by atoms with Gasteiger partial charge in [-0.1, -0.05) is 30.3 Å². The topological polar surface area (TPSA) is 124 Å². The Bertz CT molecular complexity index is 1550. The van der Waals surface area contributed by atoms with Crippen LogP contribution in [0.3, 0.4) is 0 Å². The van der Waals surface area contributed by atoms with Crippen molar-refractivity contribution < 1.29 is 19.1 Å². The average molecular weight is 533 g/mol. The average Bonchev–Trinajstić information content (AvgIpc) is 3.52. The SMILES string of the molecule is Cn1cc(-c2c[nH]n3c(=O)cc([C@H]4CC[C@@H](C(=O)OC(C)(C)C)N(C(=O)OCc5ccccc5)C4)nc23)cn1. The maximum atomic E-state index is 13.3. The molecule has 0 unspecified atom stereocenters. The van der Waals surface area contributed by atoms with E-state index < -0.39 is 23.7 Å². The van der Waals surface area contributed by atoms with Crippen molar-refractivity contribution in [2.75, 3.05) is 6.54 Å². The van der Waals surface area contributed by atoms with Crippen LogP contribution in [0, 0.1) is 0 Å². The molecule has 204 valence electrons. The molecule has 0 bridgehead atoms. The lowest BCUT2D eigenvalue weighted by Gasteiger charge is -2.38. The van der Waals surface area contributed by atoms with Gasteiger partial charge in [-0.25, -0.2) is 19.1 Å². The number of esters is 1. The zero-order valence-electron chi connectivity index (χ0n) is 22.5. The number of aromatic nitrogens is 5. The molecule has 0 radical (unpaired) electrons. The quantitative estimate of drug-likeness (QED) is 0.389. The van der Waals surface area contributed by atoms with Crippen molar-refractivity contribution in [3.8, 4) is 11.1 Å². The van der Waals surface area contributed by atoms with E-state index in [1.807, 2.05) is 43.6 Å². The number of rotatable bonds is 5. The number of benzene rings is 1. The molecule has 1 aliphatic heterocycles. The fourth-order valence-corrected chi connectivity index (χ4v) is 4.81. The van der Waals surface area contributed by atoms with Gasteiger partial charge in [0.2, 0.25) is 0 Å². The number of fused-ring (bicyclic) bond motifs is 1. The van der Waals surface area contributed by atoms with Crippen LogP contribution in [0.5, 0.6) is 0 Å². The minimum atomic E-state index is -0.799. The van der Waals surface area contributed by atoms with E-state index in [0.717, 1.165) is 16.7 Å². The molecule has 2 atom stereocenters. The Morgan fingerprint density at radius 2 is 1.92 bits per heavy atom. The molecule has 3 aromatic heterocycles. The van der Waals surface area contributed by atoms with E-state index in [-0.39, 0.29) is 24.6 Å². The van der Waals surface area contributed by atoms with Gasteiger partial charge in [0.15, 0.2) is 5.65 Å². The van der Waals surface area contributed by atoms with E-state index in [1.165, 1.54) is 15.5 Å². The molecule has 11 nitrogen and oxygen atoms in total. The zero-order chi connectivity index (χ0) is 27.7. The van der Waals surface area contributed by atoms with Crippen LogP contribution in [-0.4, -0.2) is 59.5 Å². The predicted octanol–water partition coefficient (Wildman–Crippen LogP) is 3.65. The van der Waals surface area contributed by atoms with Gasteiger partial charge in [-0.15, -0.1) is 0 Å². The number of piperidine rings is 1. The van der Waals surface area contributed by atoms with Gasteiger partial charge in [0, 0.05) is 49.1 Å². The van der Waals surface area contributed by atoms with E-state index in [9.17, 15) is 14.4 Å². The van der Waals surface area contributed by atoms with Crippen molar-refractivity contribution in [3.05, 3.63) is 76.6 Å². The molecule has 39 heavy (non-hydrogen) atoms. The van der Waals surface area contributed by atoms with Crippen molar-refractivity contribution in [2.24, 2.45) is 7.05 Å². The van der Waals surface area contributed by atoms with Crippen LogP contribution in [0.1, 0.15) is 50.8 Å². The lowest BCUT2D eigenvalue weighted by molar-refractivity contribution is -0.162. The molecule has 1 amide bonds. The van der Waals surface area contributed by atoms with Crippen molar-refractivity contribution in [2.45, 2.75) is 57.8 Å². The molecule has 1 aromatic carbocycles. The first-order chi connectivity index (χ1) is 18.6. The summed E-state index contributed by atoms with van der Waals surface area (Å²) in [5.41, 5.74) is 2.45. The molecular weight excluding hydrogens is 500 g/mol. The molecule has 5 rings (SSSR count). The first kappa shape index (κ1) is 26.2. The van der Waals surface area contributed by atoms with Gasteiger partial charge < -0.3 is 9.47 Å². The second-order valence-corrected chi connectivity index (χ2v) is 10.8. The van der Waals surface area contributed by atoms with E-state index in [1.54, 1.807) is 37.8 Å². The summed E-state index contributed by atoms with van der Waals surface area (Å²) in [6.45, 7) is 5.60. The Morgan fingerprint density at radius 3 is 2.62 bits per heavy atom. The van der Waals surface area contributed by atoms with Gasteiger partial charge >= 0.3 is 12.1 Å². The van der Waals surface area contributed by atoms with Crippen LogP contribution in [0.15, 0.2) is 59.8 Å². The highest BCUT2D eigenvalue weighted by molar-refractivity contribution is 5.82. The number of aromatic amines is 1. The number of amides is 1. The monoisotopic (exact) mass is 532 g/mol. The van der Waals surface area contributed by atoms with Crippen molar-refractivity contribution in [3.63, 3.8) is 0 Å². The highest BCUT2D eigenvalue weighted by atomic mass is 16.6. The molecule has 0 saturated carbocycles. The van der Waals surface area contributed by atoms with Gasteiger partial charge in [0.05, 0.1) is 11.9 Å². The Hall–Kier alpha value is -4.41. The highest BCUT2D eigenvalue weighted by Crippen LogP contribution is 2.32. The number of carbonyl (C=O) groups excluding carboxylic acids is 2. The number of likely N-dealkylation sites (tertiary alicyclic amines) is 1. The van der Waals surface area contributed by atoms with Crippen molar-refractivity contribution in [1.29, 1.82) is 0 Å². The number of nitrogens with one attached hydrogen (secondary N) is 1. The molecule has 11 heteroatoms. The summed E-state index contributed by atoms with van der Waals surface area (Å²) in [7, 11) is 1.82. The summed E-state index contributed by atoms with van der Waals surface area (Å²) < 4.78 is 14.3. The van der Waals surface area contributed by atoms with E-state index in [0.29, 0.717) is 24.2 Å². The highest BCUT2D eigenvalue weighted by Gasteiger charge is 2.40. The van der Waals surface area contributed by atoms with E-state index in [2.05, 4.69) is 10.2 Å². The Morgan fingerprint density at radius 1 is 1.15 bits per heavy atom. The molecule has 0 aliphatic carbocycles. The smallest absolute Gasteiger partial charge is 0.410 e. The zero-order valence-corrected chi connectivity index (χ0v) is 22.5. The van der Waals surface area contributed by atoms with Gasteiger partial charge in [0.1, 0.15) is 18.2 Å². The third-order valence-electron chi connectivity index (χ3n) is 6.65. The van der Waals surface area contributed by atoms with Crippen LogP contribution in [0.2, 0.25) is 0 Å². The minimum absolute atomic E-state index is 0.0747. The lowest BCUT2D eigenvalue weighted by atomic mass is 9.90. The standard InChI is InChI=1S/C28H32N6O5/c1-28(2,3)39-26(36)23-11-10-19(16-33(23)27(37)38-17-18-8-6-5-7-9-18)22-12-24(35)34-25(31-22)21(14-30-34)20-13-29-32(4)15-20/h5-9,12-15,19,23,30H,10-11,16-17H2,1-4H3/t19-,23-/m0/s1. The number of nitrogens with zero attached hydrogens (tertiary/aromatic N) is 5. The van der Waals surface area contributed by atoms with Crippen LogP contribution < -0.4 is 5.56 Å².